The van der Waals surface area contributed by atoms with Gasteiger partial charge >= 0.3 is 12.1 Å². The molecule has 0 aliphatic carbocycles. The summed E-state index contributed by atoms with van der Waals surface area (Å²) in [5, 5.41) is 8.05. The zero-order valence-corrected chi connectivity index (χ0v) is 17.0. The number of hydrogen-bond acceptors (Lipinski definition) is 4. The lowest BCUT2D eigenvalue weighted by atomic mass is 9.94. The van der Waals surface area contributed by atoms with Gasteiger partial charge in [0.2, 0.25) is 0 Å². The molecule has 1 heterocycles. The van der Waals surface area contributed by atoms with E-state index in [0.29, 0.717) is 11.9 Å². The molecule has 0 aliphatic rings. The van der Waals surface area contributed by atoms with Gasteiger partial charge in [-0.3, -0.25) is 0 Å². The van der Waals surface area contributed by atoms with E-state index in [0.717, 1.165) is 10.9 Å². The third-order valence-corrected chi connectivity index (χ3v) is 5.68. The van der Waals surface area contributed by atoms with Crippen molar-refractivity contribution in [2.45, 2.75) is 36.9 Å². The molecule has 0 saturated carbocycles. The molecule has 0 atom stereocenters. The van der Waals surface area contributed by atoms with Crippen LogP contribution in [-0.4, -0.2) is 35.2 Å². The molecule has 2 aromatic carbocycles. The standard InChI is InChI=1S/C18H20N2O2S.C2HF3O2/c1-18(2,19)13-14-7-6-10-17-16(14)11-12-20(17)23(21,22)15-8-4-3-5-9-15;3-2(4,5)1(6)7/h3-12H,13,19H2,1-2H3;(H,6,7). The number of alkyl halides is 3. The number of halogens is 3. The molecule has 10 heteroatoms. The minimum absolute atomic E-state index is 0.280. The molecule has 6 nitrogen and oxygen atoms in total. The maximum Gasteiger partial charge on any atom is 0.490 e. The molecule has 0 saturated heterocycles. The normalized spacial score (nSPS) is 12.3. The molecule has 1 aromatic heterocycles. The Bertz CT molecular complexity index is 1130. The number of carbonyl (C=O) groups is 1. The van der Waals surface area contributed by atoms with Crippen LogP contribution in [0.15, 0.2) is 65.7 Å². The highest BCUT2D eigenvalue weighted by Crippen LogP contribution is 2.26. The highest BCUT2D eigenvalue weighted by atomic mass is 32.2. The number of nitrogens with two attached hydrogens (primary N) is 1. The smallest absolute Gasteiger partial charge is 0.475 e. The van der Waals surface area contributed by atoms with Crippen molar-refractivity contribution in [2.75, 3.05) is 0 Å². The molecular weight excluding hydrogens is 421 g/mol. The van der Waals surface area contributed by atoms with Gasteiger partial charge in [0.25, 0.3) is 10.0 Å². The second-order valence-corrected chi connectivity index (χ2v) is 9.06. The summed E-state index contributed by atoms with van der Waals surface area (Å²) in [5.74, 6) is -2.76. The zero-order chi connectivity index (χ0) is 22.7. The maximum atomic E-state index is 12.8. The Labute approximate surface area is 171 Å². The Balaban J connectivity index is 0.000000396. The molecule has 0 aliphatic heterocycles. The van der Waals surface area contributed by atoms with Crippen molar-refractivity contribution in [3.63, 3.8) is 0 Å². The molecule has 3 N–H and O–H groups in total. The average Bonchev–Trinajstić information content (AvgIpc) is 3.07. The Morgan fingerprint density at radius 2 is 1.60 bits per heavy atom. The predicted octanol–water partition coefficient (Wildman–Crippen LogP) is 3.79. The summed E-state index contributed by atoms with van der Waals surface area (Å²) < 4.78 is 58.8. The van der Waals surface area contributed by atoms with E-state index < -0.39 is 22.2 Å². The van der Waals surface area contributed by atoms with Crippen LogP contribution in [0.2, 0.25) is 0 Å². The van der Waals surface area contributed by atoms with Crippen LogP contribution in [0.1, 0.15) is 19.4 Å². The van der Waals surface area contributed by atoms with E-state index in [9.17, 15) is 21.6 Å². The van der Waals surface area contributed by atoms with E-state index in [-0.39, 0.29) is 10.4 Å². The van der Waals surface area contributed by atoms with Gasteiger partial charge in [-0.1, -0.05) is 30.3 Å². The number of carboxylic acid groups (broad SMARTS) is 1. The first kappa shape index (κ1) is 23.4. The zero-order valence-electron chi connectivity index (χ0n) is 16.2. The number of nitrogens with zero attached hydrogens (tertiary/aromatic N) is 1. The maximum absolute atomic E-state index is 12.8. The Morgan fingerprint density at radius 1 is 1.03 bits per heavy atom. The first-order chi connectivity index (χ1) is 13.7. The van der Waals surface area contributed by atoms with Crippen LogP contribution in [0.4, 0.5) is 13.2 Å². The Morgan fingerprint density at radius 3 is 2.10 bits per heavy atom. The summed E-state index contributed by atoms with van der Waals surface area (Å²) in [5.41, 5.74) is 7.49. The fourth-order valence-electron chi connectivity index (χ4n) is 2.77. The number of benzene rings is 2. The van der Waals surface area contributed by atoms with Crippen LogP contribution in [-0.2, 0) is 21.2 Å². The topological polar surface area (TPSA) is 102 Å². The molecule has 0 amide bonds. The van der Waals surface area contributed by atoms with E-state index >= 15 is 0 Å². The van der Waals surface area contributed by atoms with Crippen LogP contribution in [0.25, 0.3) is 10.9 Å². The van der Waals surface area contributed by atoms with Crippen molar-refractivity contribution in [3.05, 3.63) is 66.4 Å². The van der Waals surface area contributed by atoms with Crippen LogP contribution in [0.3, 0.4) is 0 Å². The Hall–Kier alpha value is -2.85. The molecule has 0 unspecified atom stereocenters. The van der Waals surface area contributed by atoms with Gasteiger partial charge in [0.15, 0.2) is 0 Å². The van der Waals surface area contributed by atoms with E-state index in [1.54, 1.807) is 36.5 Å². The number of rotatable bonds is 4. The predicted molar refractivity (Wildman–Crippen MR) is 107 cm³/mol. The first-order valence-corrected chi connectivity index (χ1v) is 10.2. The molecule has 0 fully saturated rings. The minimum atomic E-state index is -5.08. The number of fused-ring (bicyclic) bond motifs is 1. The molecule has 0 radical (unpaired) electrons. The number of aromatic nitrogens is 1. The number of aliphatic carboxylic acids is 1. The van der Waals surface area contributed by atoms with Crippen LogP contribution in [0, 0.1) is 0 Å². The molecule has 30 heavy (non-hydrogen) atoms. The fraction of sp³-hybridized carbons (Fsp3) is 0.250. The third-order valence-electron chi connectivity index (χ3n) is 3.98. The van der Waals surface area contributed by atoms with Gasteiger partial charge in [-0.15, -0.1) is 0 Å². The van der Waals surface area contributed by atoms with E-state index in [1.165, 1.54) is 3.97 Å². The van der Waals surface area contributed by atoms with Gasteiger partial charge in [0.05, 0.1) is 10.4 Å². The van der Waals surface area contributed by atoms with Crippen LogP contribution >= 0.6 is 0 Å². The molecule has 162 valence electrons. The molecule has 0 bridgehead atoms. The lowest BCUT2D eigenvalue weighted by molar-refractivity contribution is -0.192. The number of carboxylic acids is 1. The highest BCUT2D eigenvalue weighted by Gasteiger charge is 2.38. The van der Waals surface area contributed by atoms with Gasteiger partial charge < -0.3 is 10.8 Å². The van der Waals surface area contributed by atoms with Crippen molar-refractivity contribution in [1.29, 1.82) is 0 Å². The third kappa shape index (κ3) is 5.61. The van der Waals surface area contributed by atoms with Gasteiger partial charge in [-0.05, 0) is 50.1 Å². The van der Waals surface area contributed by atoms with Crippen molar-refractivity contribution >= 4 is 26.9 Å². The summed E-state index contributed by atoms with van der Waals surface area (Å²) >= 11 is 0. The van der Waals surface area contributed by atoms with E-state index in [1.807, 2.05) is 38.1 Å². The monoisotopic (exact) mass is 442 g/mol. The summed E-state index contributed by atoms with van der Waals surface area (Å²) in [4.78, 5) is 9.18. The second-order valence-electron chi connectivity index (χ2n) is 7.25. The fourth-order valence-corrected chi connectivity index (χ4v) is 4.13. The summed E-state index contributed by atoms with van der Waals surface area (Å²) in [7, 11) is -3.60. The SMILES string of the molecule is CC(C)(N)Cc1cccc2c1ccn2S(=O)(=O)c1ccccc1.O=C(O)C(F)(F)F. The molecule has 3 rings (SSSR count). The van der Waals surface area contributed by atoms with Crippen molar-refractivity contribution in [3.8, 4) is 0 Å². The van der Waals surface area contributed by atoms with Gasteiger partial charge in [0.1, 0.15) is 0 Å². The summed E-state index contributed by atoms with van der Waals surface area (Å²) in [6, 6.07) is 16.0. The quantitative estimate of drug-likeness (QED) is 0.640. The summed E-state index contributed by atoms with van der Waals surface area (Å²) in [6.45, 7) is 3.92. The lowest BCUT2D eigenvalue weighted by Crippen LogP contribution is -2.34. The van der Waals surface area contributed by atoms with Crippen molar-refractivity contribution in [1.82, 2.24) is 3.97 Å². The van der Waals surface area contributed by atoms with Gasteiger partial charge in [-0.2, -0.15) is 13.2 Å². The second kappa shape index (κ2) is 8.49. The highest BCUT2D eigenvalue weighted by molar-refractivity contribution is 7.90. The largest absolute Gasteiger partial charge is 0.490 e. The summed E-state index contributed by atoms with van der Waals surface area (Å²) in [6.07, 6.45) is -2.79. The van der Waals surface area contributed by atoms with Crippen molar-refractivity contribution < 1.29 is 31.5 Å². The molecule has 0 spiro atoms. The Kier molecular flexibility index (Phi) is 6.63. The average molecular weight is 442 g/mol. The van der Waals surface area contributed by atoms with E-state index in [2.05, 4.69) is 0 Å². The van der Waals surface area contributed by atoms with Crippen LogP contribution in [0.5, 0.6) is 0 Å². The first-order valence-electron chi connectivity index (χ1n) is 8.72. The van der Waals surface area contributed by atoms with Crippen LogP contribution < -0.4 is 5.73 Å². The van der Waals surface area contributed by atoms with Gasteiger partial charge in [0, 0.05) is 17.1 Å². The lowest BCUT2D eigenvalue weighted by Gasteiger charge is -2.19. The van der Waals surface area contributed by atoms with Crippen molar-refractivity contribution in [2.24, 2.45) is 5.73 Å². The van der Waals surface area contributed by atoms with Gasteiger partial charge in [-0.25, -0.2) is 17.2 Å². The minimum Gasteiger partial charge on any atom is -0.475 e. The molecule has 3 aromatic rings. The number of hydrogen-bond donors (Lipinski definition) is 2. The molecular formula is C20H21F3N2O4S. The van der Waals surface area contributed by atoms with E-state index in [4.69, 9.17) is 15.6 Å².